The molecule has 2 heteroatoms. The molecule has 8 bridgehead atoms. The Labute approximate surface area is 187 Å². The highest BCUT2D eigenvalue weighted by Crippen LogP contribution is 2.66. The first-order valence-electron chi connectivity index (χ1n) is 13.5. The Balaban J connectivity index is 1.27. The Kier molecular flexibility index (Phi) is 3.75. The molecule has 1 unspecified atom stereocenters. The third-order valence-corrected chi connectivity index (χ3v) is 11.0. The van der Waals surface area contributed by atoms with Gasteiger partial charge >= 0.3 is 0 Å². The minimum atomic E-state index is 0.340. The van der Waals surface area contributed by atoms with Gasteiger partial charge in [0.2, 0.25) is 0 Å². The Hall–Kier alpha value is -1.02. The number of hydrogen-bond donors (Lipinski definition) is 0. The fraction of sp³-hybridized carbons (Fsp3) is 0.793. The SMILES string of the molecule is c1cc(OCC2CO2)c(C23CC4CC(CC(C4)C2)C3)c(C23CC4CC(CC(C4)C2)C3)c1. The van der Waals surface area contributed by atoms with Crippen molar-refractivity contribution in [3.63, 3.8) is 0 Å². The van der Waals surface area contributed by atoms with Crippen LogP contribution in [0.3, 0.4) is 0 Å². The molecule has 1 heterocycles. The molecule has 0 amide bonds. The van der Waals surface area contributed by atoms with Crippen molar-refractivity contribution in [2.75, 3.05) is 13.2 Å². The van der Waals surface area contributed by atoms with Crippen molar-refractivity contribution in [2.45, 2.75) is 94.0 Å². The molecule has 1 atom stereocenters. The average Bonchev–Trinajstić information content (AvgIpc) is 3.54. The monoisotopic (exact) mass is 418 g/mol. The van der Waals surface area contributed by atoms with E-state index in [-0.39, 0.29) is 0 Å². The summed E-state index contributed by atoms with van der Waals surface area (Å²) < 4.78 is 12.2. The molecule has 31 heavy (non-hydrogen) atoms. The molecule has 2 nitrogen and oxygen atoms in total. The summed E-state index contributed by atoms with van der Waals surface area (Å²) in [6, 6.07) is 7.27. The van der Waals surface area contributed by atoms with Gasteiger partial charge in [-0.15, -0.1) is 0 Å². The van der Waals surface area contributed by atoms with Gasteiger partial charge in [0.15, 0.2) is 0 Å². The summed E-state index contributed by atoms with van der Waals surface area (Å²) in [5.74, 6) is 7.20. The van der Waals surface area contributed by atoms with Crippen LogP contribution < -0.4 is 4.74 Å². The number of hydrogen-bond acceptors (Lipinski definition) is 2. The molecule has 0 radical (unpaired) electrons. The first-order valence-corrected chi connectivity index (χ1v) is 13.5. The Morgan fingerprint density at radius 1 is 0.710 bits per heavy atom. The van der Waals surface area contributed by atoms with Crippen LogP contribution in [0, 0.1) is 35.5 Å². The zero-order valence-corrected chi connectivity index (χ0v) is 19.0. The Bertz CT molecular complexity index is 825. The van der Waals surface area contributed by atoms with Crippen LogP contribution in [0.5, 0.6) is 5.75 Å². The molecule has 1 saturated heterocycles. The number of rotatable bonds is 5. The molecule has 1 aliphatic heterocycles. The lowest BCUT2D eigenvalue weighted by Gasteiger charge is -2.61. The average molecular weight is 419 g/mol. The molecule has 0 N–H and O–H groups in total. The molecule has 8 saturated carbocycles. The standard InChI is InChI=1S/C29H38O2/c1-2-25(28-10-18-4-19(11-28)6-20(5-18)12-28)27(26(3-1)31-17-24-16-30-24)29-13-21-7-22(14-29)9-23(8-21)15-29/h1-3,18-24H,4-17H2. The molecule has 9 fully saturated rings. The van der Waals surface area contributed by atoms with E-state index in [0.717, 1.165) is 48.7 Å². The smallest absolute Gasteiger partial charge is 0.123 e. The first kappa shape index (κ1) is 18.4. The van der Waals surface area contributed by atoms with Gasteiger partial charge in [-0.3, -0.25) is 0 Å². The van der Waals surface area contributed by atoms with Crippen molar-refractivity contribution >= 4 is 0 Å². The summed E-state index contributed by atoms with van der Waals surface area (Å²) >= 11 is 0. The second-order valence-corrected chi connectivity index (χ2v) is 13.3. The zero-order chi connectivity index (χ0) is 20.2. The fourth-order valence-electron chi connectivity index (χ4n) is 10.8. The number of ether oxygens (including phenoxy) is 2. The molecule has 9 aliphatic rings. The van der Waals surface area contributed by atoms with Crippen molar-refractivity contribution in [2.24, 2.45) is 35.5 Å². The minimum absolute atomic E-state index is 0.340. The van der Waals surface area contributed by atoms with Crippen molar-refractivity contribution < 1.29 is 9.47 Å². The molecular weight excluding hydrogens is 380 g/mol. The molecule has 166 valence electrons. The summed E-state index contributed by atoms with van der Waals surface area (Å²) in [7, 11) is 0. The highest BCUT2D eigenvalue weighted by molar-refractivity contribution is 5.51. The normalized spacial score (nSPS) is 50.8. The van der Waals surface area contributed by atoms with E-state index >= 15 is 0 Å². The zero-order valence-electron chi connectivity index (χ0n) is 19.0. The van der Waals surface area contributed by atoms with Gasteiger partial charge in [-0.2, -0.15) is 0 Å². The first-order chi connectivity index (χ1) is 15.2. The van der Waals surface area contributed by atoms with Gasteiger partial charge in [0.1, 0.15) is 18.5 Å². The molecule has 1 aromatic rings. The van der Waals surface area contributed by atoms with Crippen LogP contribution in [0.25, 0.3) is 0 Å². The summed E-state index contributed by atoms with van der Waals surface area (Å²) in [6.07, 6.45) is 18.2. The van der Waals surface area contributed by atoms with Gasteiger partial charge < -0.3 is 9.47 Å². The maximum Gasteiger partial charge on any atom is 0.123 e. The highest BCUT2D eigenvalue weighted by Gasteiger charge is 2.57. The van der Waals surface area contributed by atoms with Gasteiger partial charge in [0, 0.05) is 11.0 Å². The maximum absolute atomic E-state index is 6.63. The van der Waals surface area contributed by atoms with Gasteiger partial charge in [-0.05, 0) is 130 Å². The lowest BCUT2D eigenvalue weighted by atomic mass is 9.44. The minimum Gasteiger partial charge on any atom is -0.490 e. The van der Waals surface area contributed by atoms with Gasteiger partial charge in [0.05, 0.1) is 6.61 Å². The molecule has 10 rings (SSSR count). The van der Waals surface area contributed by atoms with Gasteiger partial charge in [0.25, 0.3) is 0 Å². The van der Waals surface area contributed by atoms with Crippen LogP contribution in [0.4, 0.5) is 0 Å². The van der Waals surface area contributed by atoms with E-state index in [1.165, 1.54) is 82.8 Å². The molecule has 0 aromatic heterocycles. The van der Waals surface area contributed by atoms with E-state index in [2.05, 4.69) is 18.2 Å². The number of epoxide rings is 1. The van der Waals surface area contributed by atoms with Crippen molar-refractivity contribution in [3.05, 3.63) is 29.3 Å². The summed E-state index contributed by atoms with van der Waals surface area (Å²) in [6.45, 7) is 1.64. The van der Waals surface area contributed by atoms with E-state index < -0.39 is 0 Å². The quantitative estimate of drug-likeness (QED) is 0.516. The third-order valence-electron chi connectivity index (χ3n) is 11.0. The molecule has 1 aromatic carbocycles. The summed E-state index contributed by atoms with van der Waals surface area (Å²) in [4.78, 5) is 0. The fourth-order valence-corrected chi connectivity index (χ4v) is 10.8. The van der Waals surface area contributed by atoms with E-state index in [0.29, 0.717) is 16.9 Å². The lowest BCUT2D eigenvalue weighted by molar-refractivity contribution is -0.0184. The van der Waals surface area contributed by atoms with Crippen molar-refractivity contribution in [1.82, 2.24) is 0 Å². The Morgan fingerprint density at radius 2 is 1.19 bits per heavy atom. The van der Waals surface area contributed by atoms with Crippen LogP contribution in [-0.4, -0.2) is 19.3 Å². The van der Waals surface area contributed by atoms with Crippen molar-refractivity contribution in [1.29, 1.82) is 0 Å². The van der Waals surface area contributed by atoms with E-state index in [1.54, 1.807) is 11.1 Å². The van der Waals surface area contributed by atoms with Crippen LogP contribution in [0.15, 0.2) is 18.2 Å². The topological polar surface area (TPSA) is 21.8 Å². The highest BCUT2D eigenvalue weighted by atomic mass is 16.6. The lowest BCUT2D eigenvalue weighted by Crippen LogP contribution is -2.52. The summed E-state index contributed by atoms with van der Waals surface area (Å²) in [5.41, 5.74) is 4.36. The van der Waals surface area contributed by atoms with E-state index in [1.807, 2.05) is 0 Å². The molecule has 8 aliphatic carbocycles. The Morgan fingerprint density at radius 3 is 1.68 bits per heavy atom. The van der Waals surface area contributed by atoms with Gasteiger partial charge in [-0.1, -0.05) is 12.1 Å². The van der Waals surface area contributed by atoms with Crippen LogP contribution in [-0.2, 0) is 15.6 Å². The molecular formula is C29H38O2. The van der Waals surface area contributed by atoms with Gasteiger partial charge in [-0.25, -0.2) is 0 Å². The summed E-state index contributed by atoms with van der Waals surface area (Å²) in [5, 5.41) is 0. The maximum atomic E-state index is 6.63. The van der Waals surface area contributed by atoms with Crippen molar-refractivity contribution in [3.8, 4) is 5.75 Å². The van der Waals surface area contributed by atoms with E-state index in [9.17, 15) is 0 Å². The van der Waals surface area contributed by atoms with E-state index in [4.69, 9.17) is 9.47 Å². The third kappa shape index (κ3) is 2.79. The second-order valence-electron chi connectivity index (χ2n) is 13.3. The predicted octanol–water partition coefficient (Wildman–Crippen LogP) is 6.40. The van der Waals surface area contributed by atoms with Crippen LogP contribution in [0.2, 0.25) is 0 Å². The molecule has 0 spiro atoms. The number of benzene rings is 1. The van der Waals surface area contributed by atoms with Crippen LogP contribution in [0.1, 0.15) is 88.2 Å². The predicted molar refractivity (Wildman–Crippen MR) is 121 cm³/mol. The second kappa shape index (κ2) is 6.31. The largest absolute Gasteiger partial charge is 0.490 e. The van der Waals surface area contributed by atoms with Crippen LogP contribution >= 0.6 is 0 Å².